The quantitative estimate of drug-likeness (QED) is 0.925. The molecule has 3 rings (SSSR count). The third-order valence-corrected chi connectivity index (χ3v) is 5.44. The molecule has 0 saturated carbocycles. The molecule has 0 saturated heterocycles. The van der Waals surface area contributed by atoms with Crippen LogP contribution < -0.4 is 5.32 Å². The molecule has 0 bridgehead atoms. The molecule has 1 aromatic carbocycles. The van der Waals surface area contributed by atoms with Gasteiger partial charge in [-0.2, -0.15) is 0 Å². The Morgan fingerprint density at radius 3 is 2.91 bits per heavy atom. The van der Waals surface area contributed by atoms with Crippen LogP contribution in [-0.2, 0) is 11.2 Å². The van der Waals surface area contributed by atoms with Crippen molar-refractivity contribution in [2.45, 2.75) is 19.4 Å². The second-order valence-electron chi connectivity index (χ2n) is 5.47. The van der Waals surface area contributed by atoms with E-state index in [1.54, 1.807) is 35.6 Å². The molecule has 1 N–H and O–H groups in total. The Balaban J connectivity index is 1.62. The first-order valence-corrected chi connectivity index (χ1v) is 8.72. The van der Waals surface area contributed by atoms with Gasteiger partial charge in [-0.1, -0.05) is 23.7 Å². The van der Waals surface area contributed by atoms with Gasteiger partial charge in [0.15, 0.2) is 0 Å². The lowest BCUT2D eigenvalue weighted by Crippen LogP contribution is -2.44. The molecule has 0 radical (unpaired) electrons. The zero-order valence-corrected chi connectivity index (χ0v) is 14.3. The second-order valence-corrected chi connectivity index (χ2v) is 6.88. The van der Waals surface area contributed by atoms with Gasteiger partial charge in [-0.15, -0.1) is 11.3 Å². The van der Waals surface area contributed by atoms with Gasteiger partial charge >= 0.3 is 0 Å². The summed E-state index contributed by atoms with van der Waals surface area (Å²) in [5.74, 6) is -0.403. The number of amides is 2. The fraction of sp³-hybridized carbons (Fsp3) is 0.294. The molecule has 1 atom stereocenters. The van der Waals surface area contributed by atoms with Gasteiger partial charge < -0.3 is 10.2 Å². The molecule has 2 amide bonds. The first kappa shape index (κ1) is 16.0. The van der Waals surface area contributed by atoms with E-state index in [-0.39, 0.29) is 24.4 Å². The summed E-state index contributed by atoms with van der Waals surface area (Å²) in [6, 6.07) is 8.93. The topological polar surface area (TPSA) is 49.4 Å². The third kappa shape index (κ3) is 3.26. The van der Waals surface area contributed by atoms with Crippen molar-refractivity contribution in [3.05, 3.63) is 56.7 Å². The van der Waals surface area contributed by atoms with Gasteiger partial charge in [0.25, 0.3) is 5.91 Å². The van der Waals surface area contributed by atoms with E-state index in [1.807, 2.05) is 11.8 Å². The van der Waals surface area contributed by atoms with Crippen LogP contribution in [0, 0.1) is 0 Å². The van der Waals surface area contributed by atoms with Gasteiger partial charge in [-0.25, -0.2) is 0 Å². The number of carbonyl (C=O) groups is 2. The van der Waals surface area contributed by atoms with Crippen LogP contribution in [0.2, 0.25) is 5.02 Å². The predicted octanol–water partition coefficient (Wildman–Crippen LogP) is 3.28. The van der Waals surface area contributed by atoms with Gasteiger partial charge in [0.05, 0.1) is 23.2 Å². The van der Waals surface area contributed by atoms with Crippen molar-refractivity contribution in [1.29, 1.82) is 0 Å². The van der Waals surface area contributed by atoms with Crippen LogP contribution in [0.4, 0.5) is 0 Å². The fourth-order valence-electron chi connectivity index (χ4n) is 2.85. The van der Waals surface area contributed by atoms with E-state index >= 15 is 0 Å². The maximum absolute atomic E-state index is 12.4. The molecule has 120 valence electrons. The Kier molecular flexibility index (Phi) is 4.68. The zero-order chi connectivity index (χ0) is 16.4. The Morgan fingerprint density at radius 2 is 2.13 bits per heavy atom. The highest BCUT2D eigenvalue weighted by molar-refractivity contribution is 7.10. The Morgan fingerprint density at radius 1 is 1.35 bits per heavy atom. The van der Waals surface area contributed by atoms with Gasteiger partial charge in [0, 0.05) is 11.4 Å². The average Bonchev–Trinajstić information content (AvgIpc) is 3.02. The van der Waals surface area contributed by atoms with E-state index < -0.39 is 0 Å². The smallest absolute Gasteiger partial charge is 0.253 e. The van der Waals surface area contributed by atoms with Crippen LogP contribution in [0.25, 0.3) is 0 Å². The van der Waals surface area contributed by atoms with Crippen LogP contribution in [-0.4, -0.2) is 29.8 Å². The second kappa shape index (κ2) is 6.72. The summed E-state index contributed by atoms with van der Waals surface area (Å²) in [5.41, 5.74) is 1.60. The number of nitrogens with zero attached hydrogens (tertiary/aromatic N) is 1. The molecular formula is C17H17ClN2O2S. The minimum absolute atomic E-state index is 0.0200. The number of hydrogen-bond donors (Lipinski definition) is 1. The maximum atomic E-state index is 12.4. The summed E-state index contributed by atoms with van der Waals surface area (Å²) in [6.07, 6.45) is 0.877. The van der Waals surface area contributed by atoms with E-state index in [0.717, 1.165) is 6.42 Å². The predicted molar refractivity (Wildman–Crippen MR) is 91.9 cm³/mol. The molecule has 23 heavy (non-hydrogen) atoms. The minimum atomic E-state index is -0.329. The zero-order valence-electron chi connectivity index (χ0n) is 12.7. The number of hydrogen-bond acceptors (Lipinski definition) is 3. The lowest BCUT2D eigenvalue weighted by Gasteiger charge is -2.33. The van der Waals surface area contributed by atoms with Crippen molar-refractivity contribution in [1.82, 2.24) is 10.2 Å². The SMILES string of the molecule is C[C@@H]1c2ccsc2CCN1C(=O)CNC(=O)c1ccccc1Cl. The van der Waals surface area contributed by atoms with Crippen molar-refractivity contribution >= 4 is 34.8 Å². The molecule has 0 spiro atoms. The molecule has 0 unspecified atom stereocenters. The normalized spacial score (nSPS) is 16.8. The number of carbonyl (C=O) groups excluding carboxylic acids is 2. The number of thiophene rings is 1. The molecule has 0 fully saturated rings. The lowest BCUT2D eigenvalue weighted by atomic mass is 10.0. The summed E-state index contributed by atoms with van der Waals surface area (Å²) in [5, 5.41) is 5.11. The van der Waals surface area contributed by atoms with Gasteiger partial charge in [0.2, 0.25) is 5.91 Å². The van der Waals surface area contributed by atoms with Crippen LogP contribution in [0.1, 0.15) is 33.8 Å². The van der Waals surface area contributed by atoms with Gasteiger partial charge in [-0.3, -0.25) is 9.59 Å². The monoisotopic (exact) mass is 348 g/mol. The highest BCUT2D eigenvalue weighted by Gasteiger charge is 2.28. The van der Waals surface area contributed by atoms with Crippen LogP contribution in [0.5, 0.6) is 0 Å². The maximum Gasteiger partial charge on any atom is 0.253 e. The van der Waals surface area contributed by atoms with Crippen LogP contribution in [0.3, 0.4) is 0 Å². The van der Waals surface area contributed by atoms with Crippen molar-refractivity contribution in [2.75, 3.05) is 13.1 Å². The van der Waals surface area contributed by atoms with Crippen molar-refractivity contribution in [3.8, 4) is 0 Å². The molecular weight excluding hydrogens is 332 g/mol. The van der Waals surface area contributed by atoms with E-state index in [4.69, 9.17) is 11.6 Å². The molecule has 0 aliphatic carbocycles. The van der Waals surface area contributed by atoms with E-state index in [0.29, 0.717) is 17.1 Å². The van der Waals surface area contributed by atoms with Crippen molar-refractivity contribution in [3.63, 3.8) is 0 Å². The van der Waals surface area contributed by atoms with Gasteiger partial charge in [0.1, 0.15) is 0 Å². The van der Waals surface area contributed by atoms with Crippen molar-refractivity contribution in [2.24, 2.45) is 0 Å². The number of benzene rings is 1. The summed E-state index contributed by atoms with van der Waals surface area (Å²) in [4.78, 5) is 27.7. The molecule has 6 heteroatoms. The molecule has 4 nitrogen and oxygen atoms in total. The molecule has 1 aliphatic rings. The average molecular weight is 349 g/mol. The molecule has 2 aromatic rings. The van der Waals surface area contributed by atoms with E-state index in [2.05, 4.69) is 16.8 Å². The Bertz CT molecular complexity index is 744. The molecule has 1 aliphatic heterocycles. The number of nitrogens with one attached hydrogen (secondary N) is 1. The fourth-order valence-corrected chi connectivity index (χ4v) is 4.03. The van der Waals surface area contributed by atoms with E-state index in [1.165, 1.54) is 10.4 Å². The Hall–Kier alpha value is -1.85. The number of halogens is 1. The van der Waals surface area contributed by atoms with Crippen LogP contribution >= 0.6 is 22.9 Å². The van der Waals surface area contributed by atoms with Crippen molar-refractivity contribution < 1.29 is 9.59 Å². The van der Waals surface area contributed by atoms with Gasteiger partial charge in [-0.05, 0) is 42.5 Å². The highest BCUT2D eigenvalue weighted by atomic mass is 35.5. The first-order valence-electron chi connectivity index (χ1n) is 7.46. The minimum Gasteiger partial charge on any atom is -0.343 e. The summed E-state index contributed by atoms with van der Waals surface area (Å²) in [6.45, 7) is 2.70. The lowest BCUT2D eigenvalue weighted by molar-refractivity contribution is -0.132. The largest absolute Gasteiger partial charge is 0.343 e. The summed E-state index contributed by atoms with van der Waals surface area (Å²) in [7, 11) is 0. The van der Waals surface area contributed by atoms with E-state index in [9.17, 15) is 9.59 Å². The number of fused-ring (bicyclic) bond motifs is 1. The van der Waals surface area contributed by atoms with Crippen LogP contribution in [0.15, 0.2) is 35.7 Å². The summed E-state index contributed by atoms with van der Waals surface area (Å²) < 4.78 is 0. The Labute approximate surface area is 144 Å². The summed E-state index contributed by atoms with van der Waals surface area (Å²) >= 11 is 7.73. The number of rotatable bonds is 3. The third-order valence-electron chi connectivity index (χ3n) is 4.12. The highest BCUT2D eigenvalue weighted by Crippen LogP contribution is 2.32. The standard InChI is InChI=1S/C17H17ClN2O2S/c1-11-12-7-9-23-15(12)6-8-20(11)16(21)10-19-17(22)13-4-2-3-5-14(13)18/h2-5,7,9,11H,6,8,10H2,1H3,(H,19,22)/t11-/m1/s1. The first-order chi connectivity index (χ1) is 11.1. The molecule has 1 aromatic heterocycles. The molecule has 2 heterocycles.